The first-order chi connectivity index (χ1) is 9.75. The van der Waals surface area contributed by atoms with Crippen LogP contribution < -0.4 is 10.5 Å². The maximum atomic E-state index is 7.30. The van der Waals surface area contributed by atoms with Crippen molar-refractivity contribution in [3.8, 4) is 5.75 Å². The number of thiophene rings is 1. The fraction of sp³-hybridized carbons (Fsp3) is 0.267. The van der Waals surface area contributed by atoms with Crippen molar-refractivity contribution in [2.75, 3.05) is 19.8 Å². The number of nitrogen functional groups attached to an aromatic ring is 1. The molecular weight excluding hydrogens is 272 g/mol. The van der Waals surface area contributed by atoms with Crippen molar-refractivity contribution in [3.05, 3.63) is 52.2 Å². The lowest BCUT2D eigenvalue weighted by atomic mass is 10.2. The summed E-state index contributed by atoms with van der Waals surface area (Å²) in [7, 11) is 0. The molecule has 1 aromatic carbocycles. The van der Waals surface area contributed by atoms with E-state index in [0.29, 0.717) is 25.4 Å². The quantitative estimate of drug-likeness (QED) is 0.446. The molecule has 20 heavy (non-hydrogen) atoms. The van der Waals surface area contributed by atoms with E-state index in [1.54, 1.807) is 23.5 Å². The van der Waals surface area contributed by atoms with E-state index >= 15 is 0 Å². The Morgan fingerprint density at radius 3 is 2.55 bits per heavy atom. The monoisotopic (exact) mass is 290 g/mol. The third-order valence-electron chi connectivity index (χ3n) is 2.73. The molecule has 3 N–H and O–H groups in total. The number of nitrogens with one attached hydrogen (secondary N) is 1. The maximum absolute atomic E-state index is 7.30. The standard InChI is InChI=1S/C15H18N2O2S/c16-15(17)12-3-5-13(6-4-12)19-10-9-18-8-7-14-2-1-11-20-14/h1-6,11H,7-10H2,(H3,16,17). The average Bonchev–Trinajstić information content (AvgIpc) is 2.96. The smallest absolute Gasteiger partial charge is 0.122 e. The molecule has 0 unspecified atom stereocenters. The summed E-state index contributed by atoms with van der Waals surface area (Å²) >= 11 is 1.75. The second-order valence-electron chi connectivity index (χ2n) is 4.23. The first kappa shape index (κ1) is 14.6. The lowest BCUT2D eigenvalue weighted by Crippen LogP contribution is -2.11. The van der Waals surface area contributed by atoms with Crippen molar-refractivity contribution in [2.24, 2.45) is 5.73 Å². The van der Waals surface area contributed by atoms with Crippen LogP contribution in [0.5, 0.6) is 5.75 Å². The second-order valence-corrected chi connectivity index (χ2v) is 5.26. The first-order valence-electron chi connectivity index (χ1n) is 6.43. The van der Waals surface area contributed by atoms with Gasteiger partial charge in [0.2, 0.25) is 0 Å². The van der Waals surface area contributed by atoms with Gasteiger partial charge in [-0.1, -0.05) is 6.07 Å². The van der Waals surface area contributed by atoms with Crippen LogP contribution in [0.15, 0.2) is 41.8 Å². The van der Waals surface area contributed by atoms with E-state index in [-0.39, 0.29) is 5.84 Å². The van der Waals surface area contributed by atoms with Crippen molar-refractivity contribution in [1.29, 1.82) is 5.41 Å². The molecule has 0 amide bonds. The van der Waals surface area contributed by atoms with Gasteiger partial charge in [0.05, 0.1) is 13.2 Å². The third-order valence-corrected chi connectivity index (χ3v) is 3.67. The molecule has 0 radical (unpaired) electrons. The van der Waals surface area contributed by atoms with Crippen LogP contribution in [-0.4, -0.2) is 25.7 Å². The molecule has 2 rings (SSSR count). The number of ether oxygens (including phenoxy) is 2. The molecule has 0 bridgehead atoms. The molecule has 0 fully saturated rings. The fourth-order valence-electron chi connectivity index (χ4n) is 1.68. The van der Waals surface area contributed by atoms with Gasteiger partial charge in [-0.2, -0.15) is 0 Å². The van der Waals surface area contributed by atoms with E-state index in [1.807, 2.05) is 18.2 Å². The number of hydrogen-bond acceptors (Lipinski definition) is 4. The van der Waals surface area contributed by atoms with Gasteiger partial charge in [0.15, 0.2) is 0 Å². The van der Waals surface area contributed by atoms with Crippen LogP contribution in [0.3, 0.4) is 0 Å². The highest BCUT2D eigenvalue weighted by molar-refractivity contribution is 7.09. The zero-order valence-corrected chi connectivity index (χ0v) is 12.0. The molecule has 1 aromatic heterocycles. The van der Waals surface area contributed by atoms with Gasteiger partial charge in [0.25, 0.3) is 0 Å². The summed E-state index contributed by atoms with van der Waals surface area (Å²) < 4.78 is 11.1. The summed E-state index contributed by atoms with van der Waals surface area (Å²) in [4.78, 5) is 1.34. The Bertz CT molecular complexity index is 523. The predicted octanol–water partition coefficient (Wildman–Crippen LogP) is 2.67. The summed E-state index contributed by atoms with van der Waals surface area (Å²) in [6.45, 7) is 1.80. The first-order valence-corrected chi connectivity index (χ1v) is 7.31. The Hall–Kier alpha value is -1.85. The maximum Gasteiger partial charge on any atom is 0.122 e. The van der Waals surface area contributed by atoms with Crippen LogP contribution in [0.25, 0.3) is 0 Å². The Labute approximate surface area is 122 Å². The van der Waals surface area contributed by atoms with E-state index in [1.165, 1.54) is 4.88 Å². The van der Waals surface area contributed by atoms with E-state index in [9.17, 15) is 0 Å². The largest absolute Gasteiger partial charge is 0.491 e. The zero-order chi connectivity index (χ0) is 14.2. The Morgan fingerprint density at radius 1 is 1.10 bits per heavy atom. The van der Waals surface area contributed by atoms with Crippen molar-refractivity contribution >= 4 is 17.2 Å². The van der Waals surface area contributed by atoms with Crippen LogP contribution in [0, 0.1) is 5.41 Å². The zero-order valence-electron chi connectivity index (χ0n) is 11.2. The van der Waals surface area contributed by atoms with Crippen LogP contribution >= 0.6 is 11.3 Å². The average molecular weight is 290 g/mol. The number of hydrogen-bond donors (Lipinski definition) is 2. The van der Waals surface area contributed by atoms with Crippen molar-refractivity contribution in [3.63, 3.8) is 0 Å². The lowest BCUT2D eigenvalue weighted by molar-refractivity contribution is 0.103. The summed E-state index contributed by atoms with van der Waals surface area (Å²) in [5, 5.41) is 9.37. The molecule has 0 aliphatic heterocycles. The normalized spacial score (nSPS) is 10.4. The second kappa shape index (κ2) is 7.67. The Morgan fingerprint density at radius 2 is 1.90 bits per heavy atom. The highest BCUT2D eigenvalue weighted by atomic mass is 32.1. The molecule has 0 aliphatic carbocycles. The predicted molar refractivity (Wildman–Crippen MR) is 81.8 cm³/mol. The number of nitrogens with two attached hydrogens (primary N) is 1. The summed E-state index contributed by atoms with van der Waals surface area (Å²) in [5.74, 6) is 0.824. The molecule has 4 nitrogen and oxygen atoms in total. The highest BCUT2D eigenvalue weighted by Gasteiger charge is 1.98. The van der Waals surface area contributed by atoms with E-state index in [4.69, 9.17) is 20.6 Å². The van der Waals surface area contributed by atoms with Gasteiger partial charge < -0.3 is 15.2 Å². The van der Waals surface area contributed by atoms with Crippen LogP contribution in [-0.2, 0) is 11.2 Å². The SMILES string of the molecule is N=C(N)c1ccc(OCCOCCc2cccs2)cc1. The minimum atomic E-state index is 0.0634. The Kier molecular flexibility index (Phi) is 5.58. The van der Waals surface area contributed by atoms with E-state index in [2.05, 4.69) is 11.4 Å². The van der Waals surface area contributed by atoms with Gasteiger partial charge in [-0.05, 0) is 35.7 Å². The van der Waals surface area contributed by atoms with Gasteiger partial charge in [0, 0.05) is 16.9 Å². The van der Waals surface area contributed by atoms with E-state index in [0.717, 1.165) is 12.2 Å². The van der Waals surface area contributed by atoms with Crippen LogP contribution in [0.1, 0.15) is 10.4 Å². The molecule has 0 atom stereocenters. The summed E-state index contributed by atoms with van der Waals surface area (Å²) in [6, 6.07) is 11.3. The summed E-state index contributed by atoms with van der Waals surface area (Å²) in [5.41, 5.74) is 6.08. The lowest BCUT2D eigenvalue weighted by Gasteiger charge is -2.07. The van der Waals surface area contributed by atoms with Gasteiger partial charge in [-0.3, -0.25) is 5.41 Å². The third kappa shape index (κ3) is 4.68. The van der Waals surface area contributed by atoms with Gasteiger partial charge >= 0.3 is 0 Å². The van der Waals surface area contributed by atoms with Crippen molar-refractivity contribution < 1.29 is 9.47 Å². The molecule has 106 valence electrons. The highest BCUT2D eigenvalue weighted by Crippen LogP contribution is 2.12. The van der Waals surface area contributed by atoms with Crippen molar-refractivity contribution in [2.45, 2.75) is 6.42 Å². The number of rotatable bonds is 8. The number of benzene rings is 1. The molecule has 2 aromatic rings. The van der Waals surface area contributed by atoms with Crippen molar-refractivity contribution in [1.82, 2.24) is 0 Å². The molecule has 0 saturated carbocycles. The van der Waals surface area contributed by atoms with Crippen LogP contribution in [0.4, 0.5) is 0 Å². The summed E-state index contributed by atoms with van der Waals surface area (Å²) in [6.07, 6.45) is 0.949. The molecule has 5 heteroatoms. The molecular formula is C15H18N2O2S. The fourth-order valence-corrected chi connectivity index (χ4v) is 2.37. The Balaban J connectivity index is 1.59. The minimum Gasteiger partial charge on any atom is -0.491 e. The van der Waals surface area contributed by atoms with E-state index < -0.39 is 0 Å². The van der Waals surface area contributed by atoms with Gasteiger partial charge in [0.1, 0.15) is 18.2 Å². The van der Waals surface area contributed by atoms with Gasteiger partial charge in [-0.25, -0.2) is 0 Å². The molecule has 0 spiro atoms. The molecule has 0 saturated heterocycles. The van der Waals surface area contributed by atoms with Gasteiger partial charge in [-0.15, -0.1) is 11.3 Å². The molecule has 1 heterocycles. The topological polar surface area (TPSA) is 68.3 Å². The molecule has 0 aliphatic rings. The van der Waals surface area contributed by atoms with Crippen LogP contribution in [0.2, 0.25) is 0 Å². The minimum absolute atomic E-state index is 0.0634. The number of amidine groups is 1.